The van der Waals surface area contributed by atoms with Crippen LogP contribution >= 0.6 is 0 Å². The number of aryl methyl sites for hydroxylation is 2. The molecule has 2 rings (SSSR count). The number of rotatable bonds is 4. The van der Waals surface area contributed by atoms with Crippen molar-refractivity contribution in [3.05, 3.63) is 29.3 Å². The highest BCUT2D eigenvalue weighted by Gasteiger charge is 2.34. The highest BCUT2D eigenvalue weighted by atomic mass is 32.2. The summed E-state index contributed by atoms with van der Waals surface area (Å²) in [6.45, 7) is 6.07. The molecule has 0 aliphatic carbocycles. The lowest BCUT2D eigenvalue weighted by atomic mass is 10.00. The van der Waals surface area contributed by atoms with E-state index in [2.05, 4.69) is 0 Å². The number of aliphatic hydroxyl groups is 1. The van der Waals surface area contributed by atoms with Gasteiger partial charge in [-0.1, -0.05) is 24.1 Å². The van der Waals surface area contributed by atoms with Gasteiger partial charge >= 0.3 is 0 Å². The molecule has 4 nitrogen and oxygen atoms in total. The Hall–Kier alpha value is -0.910. The van der Waals surface area contributed by atoms with Crippen molar-refractivity contribution in [2.75, 3.05) is 6.54 Å². The van der Waals surface area contributed by atoms with Crippen LogP contribution in [0.1, 0.15) is 43.7 Å². The molecule has 21 heavy (non-hydrogen) atoms. The predicted octanol–water partition coefficient (Wildman–Crippen LogP) is 2.62. The van der Waals surface area contributed by atoms with Gasteiger partial charge in [0.1, 0.15) is 0 Å². The van der Waals surface area contributed by atoms with E-state index in [-0.39, 0.29) is 6.04 Å². The summed E-state index contributed by atoms with van der Waals surface area (Å²) in [4.78, 5) is 0.394. The maximum atomic E-state index is 13.0. The summed E-state index contributed by atoms with van der Waals surface area (Å²) >= 11 is 0. The van der Waals surface area contributed by atoms with Crippen LogP contribution in [-0.4, -0.2) is 36.5 Å². The lowest BCUT2D eigenvalue weighted by Gasteiger charge is -2.35. The molecular formula is C16H25NO3S. The molecule has 0 amide bonds. The van der Waals surface area contributed by atoms with Gasteiger partial charge in [0, 0.05) is 12.6 Å². The van der Waals surface area contributed by atoms with Crippen molar-refractivity contribution in [1.29, 1.82) is 0 Å². The van der Waals surface area contributed by atoms with Crippen LogP contribution in [0.2, 0.25) is 0 Å². The lowest BCUT2D eigenvalue weighted by Crippen LogP contribution is -2.45. The molecule has 0 saturated carbocycles. The van der Waals surface area contributed by atoms with Crippen LogP contribution in [0.3, 0.4) is 0 Å². The number of sulfonamides is 1. The number of nitrogens with zero attached hydrogens (tertiary/aromatic N) is 1. The second kappa shape index (κ2) is 6.46. The van der Waals surface area contributed by atoms with Gasteiger partial charge in [0.05, 0.1) is 11.0 Å². The zero-order valence-corrected chi connectivity index (χ0v) is 13.9. The Morgan fingerprint density at radius 3 is 2.67 bits per heavy atom. The fraction of sp³-hybridized carbons (Fsp3) is 0.625. The Morgan fingerprint density at radius 2 is 2.05 bits per heavy atom. The molecule has 0 bridgehead atoms. The maximum absolute atomic E-state index is 13.0. The van der Waals surface area contributed by atoms with Gasteiger partial charge in [0.25, 0.3) is 0 Å². The topological polar surface area (TPSA) is 57.6 Å². The molecule has 1 saturated heterocycles. The summed E-state index contributed by atoms with van der Waals surface area (Å²) in [7, 11) is -3.48. The molecule has 1 aliphatic heterocycles. The van der Waals surface area contributed by atoms with Crippen molar-refractivity contribution >= 4 is 10.0 Å². The highest BCUT2D eigenvalue weighted by Crippen LogP contribution is 2.29. The van der Waals surface area contributed by atoms with Crippen LogP contribution in [0, 0.1) is 13.8 Å². The molecule has 1 heterocycles. The highest BCUT2D eigenvalue weighted by molar-refractivity contribution is 7.89. The van der Waals surface area contributed by atoms with E-state index in [1.165, 1.54) is 0 Å². The third-order valence-corrected chi connectivity index (χ3v) is 6.22. The molecule has 1 aliphatic rings. The summed E-state index contributed by atoms with van der Waals surface area (Å²) < 4.78 is 27.5. The second-order valence-electron chi connectivity index (χ2n) is 6.12. The number of aliphatic hydroxyl groups excluding tert-OH is 1. The lowest BCUT2D eigenvalue weighted by molar-refractivity contribution is 0.131. The van der Waals surface area contributed by atoms with E-state index >= 15 is 0 Å². The number of benzene rings is 1. The van der Waals surface area contributed by atoms with Crippen LogP contribution in [0.4, 0.5) is 0 Å². The van der Waals surface area contributed by atoms with E-state index in [9.17, 15) is 13.5 Å². The summed E-state index contributed by atoms with van der Waals surface area (Å²) in [5.41, 5.74) is 1.85. The summed E-state index contributed by atoms with van der Waals surface area (Å²) in [5, 5.41) is 9.63. The number of piperidine rings is 1. The minimum atomic E-state index is -3.48. The molecule has 5 heteroatoms. The molecule has 0 spiro atoms. The molecule has 1 N–H and O–H groups in total. The van der Waals surface area contributed by atoms with Crippen molar-refractivity contribution in [1.82, 2.24) is 4.31 Å². The quantitative estimate of drug-likeness (QED) is 0.930. The average molecular weight is 311 g/mol. The van der Waals surface area contributed by atoms with Gasteiger partial charge < -0.3 is 5.11 Å². The van der Waals surface area contributed by atoms with Crippen LogP contribution in [0.5, 0.6) is 0 Å². The van der Waals surface area contributed by atoms with Crippen LogP contribution < -0.4 is 0 Å². The van der Waals surface area contributed by atoms with Gasteiger partial charge in [-0.25, -0.2) is 8.42 Å². The van der Waals surface area contributed by atoms with Gasteiger partial charge in [-0.15, -0.1) is 0 Å². The summed E-state index contributed by atoms with van der Waals surface area (Å²) in [6.07, 6.45) is 2.76. The van der Waals surface area contributed by atoms with Gasteiger partial charge in [0.15, 0.2) is 0 Å². The molecular weight excluding hydrogens is 286 g/mol. The molecule has 2 unspecified atom stereocenters. The van der Waals surface area contributed by atoms with Crippen molar-refractivity contribution in [2.45, 2.75) is 63.5 Å². The maximum Gasteiger partial charge on any atom is 0.243 e. The monoisotopic (exact) mass is 311 g/mol. The van der Waals surface area contributed by atoms with Crippen LogP contribution in [-0.2, 0) is 10.0 Å². The molecule has 1 fully saturated rings. The van der Waals surface area contributed by atoms with Gasteiger partial charge in [-0.3, -0.25) is 0 Å². The number of hydrogen-bond acceptors (Lipinski definition) is 3. The second-order valence-corrected chi connectivity index (χ2v) is 7.98. The van der Waals surface area contributed by atoms with E-state index in [1.807, 2.05) is 26.0 Å². The Labute approximate surface area is 127 Å². The molecule has 0 radical (unpaired) electrons. The molecule has 2 atom stereocenters. The Balaban J connectivity index is 2.36. The number of hydrogen-bond donors (Lipinski definition) is 1. The van der Waals surface area contributed by atoms with Gasteiger partial charge in [-0.2, -0.15) is 4.31 Å². The molecule has 1 aromatic rings. The predicted molar refractivity (Wildman–Crippen MR) is 83.7 cm³/mol. The SMILES string of the molecule is Cc1ccc(S(=O)(=O)N2CCCCC2CC(C)O)c(C)c1. The Bertz CT molecular complexity index is 596. The fourth-order valence-electron chi connectivity index (χ4n) is 3.13. The van der Waals surface area contributed by atoms with E-state index in [4.69, 9.17) is 0 Å². The molecule has 118 valence electrons. The third-order valence-electron chi connectivity index (χ3n) is 4.10. The van der Waals surface area contributed by atoms with Crippen molar-refractivity contribution in [3.8, 4) is 0 Å². The fourth-order valence-corrected chi connectivity index (χ4v) is 5.05. The van der Waals surface area contributed by atoms with E-state index in [0.29, 0.717) is 17.9 Å². The zero-order chi connectivity index (χ0) is 15.6. The molecule has 0 aromatic heterocycles. The third kappa shape index (κ3) is 3.65. The van der Waals surface area contributed by atoms with Crippen molar-refractivity contribution in [3.63, 3.8) is 0 Å². The van der Waals surface area contributed by atoms with Crippen molar-refractivity contribution < 1.29 is 13.5 Å². The first kappa shape index (κ1) is 16.5. The van der Waals surface area contributed by atoms with Crippen LogP contribution in [0.25, 0.3) is 0 Å². The minimum absolute atomic E-state index is 0.0931. The van der Waals surface area contributed by atoms with Gasteiger partial charge in [0.2, 0.25) is 10.0 Å². The Kier molecular flexibility index (Phi) is 5.07. The summed E-state index contributed by atoms with van der Waals surface area (Å²) in [6, 6.07) is 5.35. The molecule has 1 aromatic carbocycles. The average Bonchev–Trinajstić information content (AvgIpc) is 2.37. The largest absolute Gasteiger partial charge is 0.393 e. The smallest absolute Gasteiger partial charge is 0.243 e. The van der Waals surface area contributed by atoms with Crippen molar-refractivity contribution in [2.24, 2.45) is 0 Å². The standard InChI is InChI=1S/C16H25NO3S/c1-12-7-8-16(13(2)10-12)21(19,20)17-9-5-4-6-15(17)11-14(3)18/h7-8,10,14-15,18H,4-6,9,11H2,1-3H3. The Morgan fingerprint density at radius 1 is 1.33 bits per heavy atom. The first-order valence-electron chi connectivity index (χ1n) is 7.59. The van der Waals surface area contributed by atoms with E-state index in [0.717, 1.165) is 30.4 Å². The minimum Gasteiger partial charge on any atom is -0.393 e. The van der Waals surface area contributed by atoms with Gasteiger partial charge in [-0.05, 0) is 51.7 Å². The first-order valence-corrected chi connectivity index (χ1v) is 9.03. The normalized spacial score (nSPS) is 22.2. The van der Waals surface area contributed by atoms with Crippen LogP contribution in [0.15, 0.2) is 23.1 Å². The van der Waals surface area contributed by atoms with E-state index in [1.54, 1.807) is 17.3 Å². The summed E-state index contributed by atoms with van der Waals surface area (Å²) in [5.74, 6) is 0. The van der Waals surface area contributed by atoms with E-state index < -0.39 is 16.1 Å². The zero-order valence-electron chi connectivity index (χ0n) is 13.0. The first-order chi connectivity index (χ1) is 9.82.